The Morgan fingerprint density at radius 2 is 1.83 bits per heavy atom. The lowest BCUT2D eigenvalue weighted by atomic mass is 10.0. The van der Waals surface area contributed by atoms with Gasteiger partial charge in [0.05, 0.1) is 17.6 Å². The van der Waals surface area contributed by atoms with Crippen LogP contribution in [0.4, 0.5) is 0 Å². The van der Waals surface area contributed by atoms with Crippen LogP contribution >= 0.6 is 0 Å². The van der Waals surface area contributed by atoms with Gasteiger partial charge in [0.1, 0.15) is 5.75 Å². The van der Waals surface area contributed by atoms with E-state index in [1.807, 2.05) is 0 Å². The Hall–Kier alpha value is -1.56. The lowest BCUT2D eigenvalue weighted by Gasteiger charge is -2.40. The van der Waals surface area contributed by atoms with Crippen LogP contribution in [0.1, 0.15) is 42.5 Å². The average Bonchev–Trinajstić information content (AvgIpc) is 2.54. The normalized spacial score (nSPS) is 20.1. The molecule has 0 spiro atoms. The molecule has 0 bridgehead atoms. The maximum atomic E-state index is 12.6. The summed E-state index contributed by atoms with van der Waals surface area (Å²) in [6, 6.07) is 6.96. The minimum atomic E-state index is -3.11. The quantitative estimate of drug-likeness (QED) is 0.845. The van der Waals surface area contributed by atoms with Gasteiger partial charge in [-0.25, -0.2) is 8.42 Å². The highest BCUT2D eigenvalue weighted by atomic mass is 32.2. The molecule has 0 unspecified atom stereocenters. The Balaban J connectivity index is 1.62. The number of sulfone groups is 1. The van der Waals surface area contributed by atoms with Crippen LogP contribution in [0.25, 0.3) is 0 Å². The van der Waals surface area contributed by atoms with Crippen LogP contribution < -0.4 is 4.74 Å². The molecule has 1 aliphatic carbocycles. The van der Waals surface area contributed by atoms with Gasteiger partial charge in [-0.05, 0) is 31.0 Å². The first-order valence-electron chi connectivity index (χ1n) is 8.18. The van der Waals surface area contributed by atoms with Crippen molar-refractivity contribution in [2.45, 2.75) is 42.6 Å². The smallest absolute Gasteiger partial charge is 0.254 e. The first-order chi connectivity index (χ1) is 11.0. The highest BCUT2D eigenvalue weighted by molar-refractivity contribution is 7.92. The van der Waals surface area contributed by atoms with Crippen molar-refractivity contribution in [2.75, 3.05) is 20.2 Å². The molecule has 23 heavy (non-hydrogen) atoms. The van der Waals surface area contributed by atoms with E-state index in [0.29, 0.717) is 24.4 Å². The van der Waals surface area contributed by atoms with Gasteiger partial charge in [0.25, 0.3) is 5.91 Å². The molecular weight excluding hydrogens is 314 g/mol. The van der Waals surface area contributed by atoms with E-state index in [1.54, 1.807) is 36.3 Å². The molecule has 0 N–H and O–H groups in total. The fraction of sp³-hybridized carbons (Fsp3) is 0.588. The van der Waals surface area contributed by atoms with Crippen LogP contribution in [0.2, 0.25) is 0 Å². The zero-order valence-electron chi connectivity index (χ0n) is 13.4. The van der Waals surface area contributed by atoms with Crippen LogP contribution in [0.15, 0.2) is 24.3 Å². The van der Waals surface area contributed by atoms with Crippen molar-refractivity contribution >= 4 is 15.7 Å². The number of likely N-dealkylation sites (tertiary alicyclic amines) is 1. The summed E-state index contributed by atoms with van der Waals surface area (Å²) in [5.74, 6) is 0.502. The molecule has 0 radical (unpaired) electrons. The number of hydrogen-bond acceptors (Lipinski definition) is 4. The molecule has 0 atom stereocenters. The van der Waals surface area contributed by atoms with Crippen molar-refractivity contribution in [3.05, 3.63) is 29.8 Å². The molecule has 1 aromatic rings. The number of rotatable bonds is 4. The van der Waals surface area contributed by atoms with E-state index in [2.05, 4.69) is 0 Å². The molecule has 2 aliphatic rings. The third-order valence-electron chi connectivity index (χ3n) is 4.93. The summed E-state index contributed by atoms with van der Waals surface area (Å²) >= 11 is 0. The molecule has 1 saturated heterocycles. The topological polar surface area (TPSA) is 63.7 Å². The molecule has 126 valence electrons. The molecule has 1 aromatic carbocycles. The maximum absolute atomic E-state index is 12.6. The summed E-state index contributed by atoms with van der Waals surface area (Å²) in [4.78, 5) is 14.0. The molecule has 0 aromatic heterocycles. The van der Waals surface area contributed by atoms with Crippen molar-refractivity contribution in [1.29, 1.82) is 0 Å². The number of hydrogen-bond donors (Lipinski definition) is 0. The molecule has 1 amide bonds. The van der Waals surface area contributed by atoms with Gasteiger partial charge in [-0.1, -0.05) is 25.3 Å². The van der Waals surface area contributed by atoms with Gasteiger partial charge in [0, 0.05) is 18.7 Å². The minimum absolute atomic E-state index is 0.126. The number of nitrogens with zero attached hydrogens (tertiary/aromatic N) is 1. The molecule has 1 saturated carbocycles. The molecule has 1 heterocycles. The SMILES string of the molecule is COc1cccc(C(=O)N2CC(S(=O)(=O)C3CCCCC3)C2)c1. The van der Waals surface area contributed by atoms with Crippen LogP contribution in [-0.2, 0) is 9.84 Å². The van der Waals surface area contributed by atoms with E-state index < -0.39 is 9.84 Å². The summed E-state index contributed by atoms with van der Waals surface area (Å²) in [5, 5.41) is -0.588. The van der Waals surface area contributed by atoms with Gasteiger partial charge in [-0.15, -0.1) is 0 Å². The number of carbonyl (C=O) groups is 1. The number of methoxy groups -OCH3 is 1. The second-order valence-electron chi connectivity index (χ2n) is 6.41. The number of amides is 1. The Bertz CT molecular complexity index is 674. The lowest BCUT2D eigenvalue weighted by Crippen LogP contribution is -2.58. The molecule has 5 nitrogen and oxygen atoms in total. The molecule has 1 aliphatic heterocycles. The van der Waals surface area contributed by atoms with Crippen molar-refractivity contribution < 1.29 is 17.9 Å². The average molecular weight is 337 g/mol. The third-order valence-corrected chi connectivity index (χ3v) is 7.56. The van der Waals surface area contributed by atoms with Crippen molar-refractivity contribution in [1.82, 2.24) is 4.90 Å². The zero-order chi connectivity index (χ0) is 16.4. The van der Waals surface area contributed by atoms with Gasteiger partial charge in [-0.3, -0.25) is 4.79 Å². The van der Waals surface area contributed by atoms with Crippen LogP contribution in [-0.4, -0.2) is 49.9 Å². The number of carbonyl (C=O) groups excluding carboxylic acids is 1. The van der Waals surface area contributed by atoms with Crippen LogP contribution in [0.5, 0.6) is 5.75 Å². The fourth-order valence-electron chi connectivity index (χ4n) is 3.42. The largest absolute Gasteiger partial charge is 0.497 e. The van der Waals surface area contributed by atoms with Crippen molar-refractivity contribution in [3.8, 4) is 5.75 Å². The van der Waals surface area contributed by atoms with E-state index in [-0.39, 0.29) is 16.4 Å². The molecule has 3 rings (SSSR count). The maximum Gasteiger partial charge on any atom is 0.254 e. The van der Waals surface area contributed by atoms with Gasteiger partial charge in [0.15, 0.2) is 9.84 Å². The Morgan fingerprint density at radius 3 is 2.48 bits per heavy atom. The third kappa shape index (κ3) is 3.22. The van der Waals surface area contributed by atoms with E-state index in [1.165, 1.54) is 0 Å². The second-order valence-corrected chi connectivity index (χ2v) is 8.92. The van der Waals surface area contributed by atoms with Crippen LogP contribution in [0, 0.1) is 0 Å². The second kappa shape index (κ2) is 6.51. The van der Waals surface area contributed by atoms with Crippen molar-refractivity contribution in [2.24, 2.45) is 0 Å². The fourth-order valence-corrected chi connectivity index (χ4v) is 5.73. The summed E-state index contributed by atoms with van der Waals surface area (Å²) in [6.45, 7) is 0.629. The summed E-state index contributed by atoms with van der Waals surface area (Å²) in [7, 11) is -1.55. The van der Waals surface area contributed by atoms with E-state index in [9.17, 15) is 13.2 Å². The van der Waals surface area contributed by atoms with E-state index >= 15 is 0 Å². The standard InChI is InChI=1S/C17H23NO4S/c1-22-14-7-5-6-13(10-14)17(19)18-11-16(12-18)23(20,21)15-8-3-2-4-9-15/h5-7,10,15-16H,2-4,8-9,11-12H2,1H3. The van der Waals surface area contributed by atoms with E-state index in [4.69, 9.17) is 4.74 Å². The Labute approximate surface area is 137 Å². The van der Waals surface area contributed by atoms with Crippen molar-refractivity contribution in [3.63, 3.8) is 0 Å². The highest BCUT2D eigenvalue weighted by Gasteiger charge is 2.43. The summed E-state index contributed by atoms with van der Waals surface area (Å²) in [5.41, 5.74) is 0.540. The van der Waals surface area contributed by atoms with Crippen LogP contribution in [0.3, 0.4) is 0 Å². The Kier molecular flexibility index (Phi) is 4.62. The number of ether oxygens (including phenoxy) is 1. The Morgan fingerprint density at radius 1 is 1.13 bits per heavy atom. The highest BCUT2D eigenvalue weighted by Crippen LogP contribution is 2.30. The van der Waals surface area contributed by atoms with Gasteiger partial charge in [0.2, 0.25) is 0 Å². The van der Waals surface area contributed by atoms with Gasteiger partial charge >= 0.3 is 0 Å². The monoisotopic (exact) mass is 337 g/mol. The predicted octanol–water partition coefficient (Wildman–Crippen LogP) is 2.27. The first kappa shape index (κ1) is 16.3. The lowest BCUT2D eigenvalue weighted by molar-refractivity contribution is 0.0657. The van der Waals surface area contributed by atoms with E-state index in [0.717, 1.165) is 32.1 Å². The van der Waals surface area contributed by atoms with Gasteiger partial charge in [-0.2, -0.15) is 0 Å². The number of benzene rings is 1. The molecule has 6 heteroatoms. The molecular formula is C17H23NO4S. The zero-order valence-corrected chi connectivity index (χ0v) is 14.2. The van der Waals surface area contributed by atoms with Gasteiger partial charge < -0.3 is 9.64 Å². The molecule has 2 fully saturated rings. The summed E-state index contributed by atoms with van der Waals surface area (Å²) in [6.07, 6.45) is 4.70. The first-order valence-corrected chi connectivity index (χ1v) is 9.79. The minimum Gasteiger partial charge on any atom is -0.497 e. The predicted molar refractivity (Wildman–Crippen MR) is 88.5 cm³/mol. The summed E-state index contributed by atoms with van der Waals surface area (Å²) < 4.78 is 30.4.